The first-order valence-electron chi connectivity index (χ1n) is 8.16. The van der Waals surface area contributed by atoms with E-state index in [4.69, 9.17) is 0 Å². The summed E-state index contributed by atoms with van der Waals surface area (Å²) in [6, 6.07) is 9.90. The smallest absolute Gasteiger partial charge is 0.243 e. The number of fused-ring (bicyclic) bond motifs is 2. The summed E-state index contributed by atoms with van der Waals surface area (Å²) in [5.74, 6) is 0. The first-order valence-corrected chi connectivity index (χ1v) is 9.60. The van der Waals surface area contributed by atoms with E-state index in [2.05, 4.69) is 4.98 Å². The summed E-state index contributed by atoms with van der Waals surface area (Å²) >= 11 is 0. The van der Waals surface area contributed by atoms with Crippen LogP contribution in [0.3, 0.4) is 0 Å². The molecule has 1 aromatic heterocycles. The van der Waals surface area contributed by atoms with Crippen LogP contribution in [0.25, 0.3) is 0 Å². The molecule has 2 bridgehead atoms. The molecule has 24 heavy (non-hydrogen) atoms. The molecule has 126 valence electrons. The fraction of sp³-hybridized carbons (Fsp3) is 0.389. The third-order valence-electron chi connectivity index (χ3n) is 5.30. The Labute approximate surface area is 142 Å². The van der Waals surface area contributed by atoms with Crippen LogP contribution in [0.4, 0.5) is 0 Å². The molecule has 2 aromatic rings. The minimum absolute atomic E-state index is 0.161. The van der Waals surface area contributed by atoms with Crippen LogP contribution in [0.5, 0.6) is 0 Å². The van der Waals surface area contributed by atoms with E-state index >= 15 is 0 Å². The van der Waals surface area contributed by atoms with E-state index in [1.165, 1.54) is 4.31 Å². The van der Waals surface area contributed by atoms with Crippen molar-refractivity contribution in [2.75, 3.05) is 0 Å². The number of aromatic nitrogens is 1. The van der Waals surface area contributed by atoms with Crippen molar-refractivity contribution in [1.82, 2.24) is 9.29 Å². The molecule has 4 rings (SSSR count). The van der Waals surface area contributed by atoms with E-state index in [1.807, 2.05) is 13.0 Å². The van der Waals surface area contributed by atoms with E-state index in [9.17, 15) is 13.5 Å². The van der Waals surface area contributed by atoms with Gasteiger partial charge in [0.25, 0.3) is 0 Å². The highest BCUT2D eigenvalue weighted by Crippen LogP contribution is 2.51. The van der Waals surface area contributed by atoms with Gasteiger partial charge in [-0.1, -0.05) is 23.8 Å². The van der Waals surface area contributed by atoms with Gasteiger partial charge in [-0.25, -0.2) is 8.42 Å². The van der Waals surface area contributed by atoms with Crippen molar-refractivity contribution in [2.45, 2.75) is 48.8 Å². The monoisotopic (exact) mass is 344 g/mol. The van der Waals surface area contributed by atoms with Crippen molar-refractivity contribution in [3.63, 3.8) is 0 Å². The van der Waals surface area contributed by atoms with E-state index in [-0.39, 0.29) is 6.04 Å². The van der Waals surface area contributed by atoms with Gasteiger partial charge in [-0.05, 0) is 44.4 Å². The molecule has 3 heterocycles. The largest absolute Gasteiger partial charge is 0.383 e. The van der Waals surface area contributed by atoms with Crippen LogP contribution in [-0.2, 0) is 15.6 Å². The van der Waals surface area contributed by atoms with Gasteiger partial charge in [0.15, 0.2) is 0 Å². The Morgan fingerprint density at radius 2 is 1.96 bits per heavy atom. The summed E-state index contributed by atoms with van der Waals surface area (Å²) in [5, 5.41) is 11.2. The molecular formula is C18H20N2O3S. The predicted molar refractivity (Wildman–Crippen MR) is 89.8 cm³/mol. The molecule has 2 saturated heterocycles. The van der Waals surface area contributed by atoms with Gasteiger partial charge in [0.2, 0.25) is 10.0 Å². The minimum atomic E-state index is -3.62. The Balaban J connectivity index is 1.74. The molecule has 0 radical (unpaired) electrons. The Morgan fingerprint density at radius 3 is 2.62 bits per heavy atom. The molecular weight excluding hydrogens is 324 g/mol. The lowest BCUT2D eigenvalue weighted by Gasteiger charge is -2.32. The van der Waals surface area contributed by atoms with Crippen molar-refractivity contribution in [2.24, 2.45) is 0 Å². The number of hydrogen-bond acceptors (Lipinski definition) is 4. The summed E-state index contributed by atoms with van der Waals surface area (Å²) in [5.41, 5.74) is 0.557. The van der Waals surface area contributed by atoms with Gasteiger partial charge in [0, 0.05) is 24.0 Å². The van der Waals surface area contributed by atoms with Gasteiger partial charge in [-0.15, -0.1) is 0 Å². The third kappa shape index (κ3) is 2.21. The number of aliphatic hydroxyl groups is 1. The highest BCUT2D eigenvalue weighted by atomic mass is 32.2. The Morgan fingerprint density at radius 1 is 1.21 bits per heavy atom. The maximum Gasteiger partial charge on any atom is 0.243 e. The van der Waals surface area contributed by atoms with E-state index in [0.29, 0.717) is 23.3 Å². The second-order valence-corrected chi connectivity index (χ2v) is 8.61. The summed E-state index contributed by atoms with van der Waals surface area (Å²) in [4.78, 5) is 4.38. The van der Waals surface area contributed by atoms with Crippen LogP contribution < -0.4 is 0 Å². The molecule has 2 fully saturated rings. The van der Waals surface area contributed by atoms with Crippen LogP contribution >= 0.6 is 0 Å². The first-order chi connectivity index (χ1) is 11.4. The van der Waals surface area contributed by atoms with Crippen LogP contribution in [0, 0.1) is 6.92 Å². The van der Waals surface area contributed by atoms with Crippen LogP contribution in [0.2, 0.25) is 0 Å². The molecule has 2 aliphatic heterocycles. The SMILES string of the molecule is Cc1ccc(S(=O)(=O)N2[C@H]3CC[C@@H]2[C@@](O)(c2cccnc2)C3)cc1. The van der Waals surface area contributed by atoms with Gasteiger partial charge < -0.3 is 5.11 Å². The van der Waals surface area contributed by atoms with Gasteiger partial charge in [0.1, 0.15) is 5.60 Å². The van der Waals surface area contributed by atoms with Crippen LogP contribution in [0.15, 0.2) is 53.7 Å². The Kier molecular flexibility index (Phi) is 3.53. The minimum Gasteiger partial charge on any atom is -0.383 e. The average Bonchev–Trinajstić information content (AvgIpc) is 3.13. The van der Waals surface area contributed by atoms with Crippen LogP contribution in [-0.4, -0.2) is 34.9 Å². The highest BCUT2D eigenvalue weighted by Gasteiger charge is 2.60. The zero-order valence-electron chi connectivity index (χ0n) is 13.5. The fourth-order valence-electron chi connectivity index (χ4n) is 4.12. The van der Waals surface area contributed by atoms with E-state index in [1.54, 1.807) is 42.7 Å². The lowest BCUT2D eigenvalue weighted by molar-refractivity contribution is 0.00487. The number of hydrogen-bond donors (Lipinski definition) is 1. The maximum absolute atomic E-state index is 13.1. The summed E-state index contributed by atoms with van der Waals surface area (Å²) in [6.07, 6.45) is 5.17. The predicted octanol–water partition coefficient (Wildman–Crippen LogP) is 2.20. The molecule has 0 spiro atoms. The van der Waals surface area contributed by atoms with E-state index in [0.717, 1.165) is 12.0 Å². The molecule has 1 N–H and O–H groups in total. The number of benzene rings is 1. The molecule has 2 aliphatic rings. The van der Waals surface area contributed by atoms with Crippen LogP contribution in [0.1, 0.15) is 30.4 Å². The number of pyridine rings is 1. The number of nitrogens with zero attached hydrogens (tertiary/aromatic N) is 2. The van der Waals surface area contributed by atoms with Crippen molar-refractivity contribution in [1.29, 1.82) is 0 Å². The topological polar surface area (TPSA) is 70.5 Å². The number of rotatable bonds is 3. The fourth-order valence-corrected chi connectivity index (χ4v) is 6.03. The normalized spacial score (nSPS) is 29.9. The molecule has 3 atom stereocenters. The van der Waals surface area contributed by atoms with E-state index < -0.39 is 21.7 Å². The van der Waals surface area contributed by atoms with Crippen molar-refractivity contribution >= 4 is 10.0 Å². The van der Waals surface area contributed by atoms with Gasteiger partial charge >= 0.3 is 0 Å². The second-order valence-electron chi connectivity index (χ2n) is 6.77. The Bertz CT molecular complexity index is 852. The number of aryl methyl sites for hydroxylation is 1. The summed E-state index contributed by atoms with van der Waals surface area (Å²) in [7, 11) is -3.62. The van der Waals surface area contributed by atoms with Gasteiger partial charge in [0.05, 0.1) is 10.9 Å². The second kappa shape index (κ2) is 5.37. The first kappa shape index (κ1) is 15.7. The van der Waals surface area contributed by atoms with Gasteiger partial charge in [-0.2, -0.15) is 4.31 Å². The average molecular weight is 344 g/mol. The lowest BCUT2D eigenvalue weighted by atomic mass is 9.80. The third-order valence-corrected chi connectivity index (χ3v) is 7.27. The standard InChI is InChI=1S/C18H20N2O3S/c1-13-4-7-16(8-5-13)24(22,23)20-15-6-9-17(20)18(21,11-15)14-3-2-10-19-12-14/h2-5,7-8,10,12,15,17,21H,6,9,11H2,1H3/t15-,17+,18-/m0/s1. The summed E-state index contributed by atoms with van der Waals surface area (Å²) in [6.45, 7) is 1.93. The quantitative estimate of drug-likeness (QED) is 0.927. The molecule has 0 unspecified atom stereocenters. The van der Waals surface area contributed by atoms with Crippen molar-refractivity contribution in [3.05, 3.63) is 59.9 Å². The molecule has 6 heteroatoms. The lowest BCUT2D eigenvalue weighted by Crippen LogP contribution is -2.43. The maximum atomic E-state index is 13.1. The molecule has 0 saturated carbocycles. The summed E-state index contributed by atoms with van der Waals surface area (Å²) < 4.78 is 27.8. The zero-order chi connectivity index (χ0) is 16.9. The zero-order valence-corrected chi connectivity index (χ0v) is 14.3. The van der Waals surface area contributed by atoms with Crippen molar-refractivity contribution < 1.29 is 13.5 Å². The number of sulfonamides is 1. The molecule has 5 nitrogen and oxygen atoms in total. The highest BCUT2D eigenvalue weighted by molar-refractivity contribution is 7.89. The Hall–Kier alpha value is -1.76. The molecule has 1 aromatic carbocycles. The molecule has 0 amide bonds. The van der Waals surface area contributed by atoms with Gasteiger partial charge in [-0.3, -0.25) is 4.98 Å². The molecule has 0 aliphatic carbocycles. The van der Waals surface area contributed by atoms with Crippen molar-refractivity contribution in [3.8, 4) is 0 Å².